The summed E-state index contributed by atoms with van der Waals surface area (Å²) in [4.78, 5) is 24.8. The van der Waals surface area contributed by atoms with Crippen LogP contribution in [-0.4, -0.2) is 33.2 Å². The molecule has 0 aliphatic carbocycles. The highest BCUT2D eigenvalue weighted by Gasteiger charge is 2.26. The maximum atomic E-state index is 12.9. The van der Waals surface area contributed by atoms with Gasteiger partial charge >= 0.3 is 6.03 Å². The van der Waals surface area contributed by atoms with E-state index >= 15 is 0 Å². The second kappa shape index (κ2) is 9.38. The molecule has 1 heterocycles. The predicted molar refractivity (Wildman–Crippen MR) is 113 cm³/mol. The van der Waals surface area contributed by atoms with Crippen LogP contribution < -0.4 is 10.6 Å². The standard InChI is InChI=1S/C21H23N5O2S/c1-4-22-20(28)23-19(27)18(16-8-6-5-7-9-16)29-21-25-24-15(3)26(21)17-12-10-14(2)11-13-17/h5-13,18H,4H2,1-3H3,(H2,22,23,27,28)/t18-/m1/s1. The van der Waals surface area contributed by atoms with E-state index < -0.39 is 17.2 Å². The normalized spacial score (nSPS) is 11.7. The lowest BCUT2D eigenvalue weighted by Gasteiger charge is -2.17. The number of rotatable bonds is 6. The van der Waals surface area contributed by atoms with Crippen LogP contribution in [0, 0.1) is 13.8 Å². The van der Waals surface area contributed by atoms with Crippen molar-refractivity contribution in [3.63, 3.8) is 0 Å². The number of thioether (sulfide) groups is 1. The number of benzene rings is 2. The highest BCUT2D eigenvalue weighted by Crippen LogP contribution is 2.36. The number of nitrogens with one attached hydrogen (secondary N) is 2. The first-order chi connectivity index (χ1) is 14.0. The minimum Gasteiger partial charge on any atom is -0.338 e. The van der Waals surface area contributed by atoms with Crippen molar-refractivity contribution < 1.29 is 9.59 Å². The van der Waals surface area contributed by atoms with E-state index in [0.29, 0.717) is 17.5 Å². The van der Waals surface area contributed by atoms with Crippen molar-refractivity contribution >= 4 is 23.7 Å². The second-order valence-electron chi connectivity index (χ2n) is 6.46. The molecule has 0 fully saturated rings. The molecule has 2 aromatic carbocycles. The fourth-order valence-electron chi connectivity index (χ4n) is 2.80. The summed E-state index contributed by atoms with van der Waals surface area (Å²) < 4.78 is 1.90. The zero-order valence-electron chi connectivity index (χ0n) is 16.5. The van der Waals surface area contributed by atoms with Gasteiger partial charge in [0, 0.05) is 12.2 Å². The summed E-state index contributed by atoms with van der Waals surface area (Å²) in [5.41, 5.74) is 2.84. The fourth-order valence-corrected chi connectivity index (χ4v) is 3.90. The van der Waals surface area contributed by atoms with Crippen molar-refractivity contribution in [2.45, 2.75) is 31.2 Å². The molecule has 3 aromatic rings. The molecular formula is C21H23N5O2S. The van der Waals surface area contributed by atoms with Crippen LogP contribution in [-0.2, 0) is 4.79 Å². The first kappa shape index (κ1) is 20.6. The van der Waals surface area contributed by atoms with Crippen molar-refractivity contribution in [3.05, 3.63) is 71.5 Å². The van der Waals surface area contributed by atoms with Crippen LogP contribution >= 0.6 is 11.8 Å². The average molecular weight is 410 g/mol. The molecule has 1 atom stereocenters. The molecule has 1 aromatic heterocycles. The van der Waals surface area contributed by atoms with Crippen LogP contribution in [0.4, 0.5) is 4.79 Å². The third kappa shape index (κ3) is 5.03. The number of urea groups is 1. The Hall–Kier alpha value is -3.13. The van der Waals surface area contributed by atoms with E-state index in [1.165, 1.54) is 11.8 Å². The summed E-state index contributed by atoms with van der Waals surface area (Å²) in [7, 11) is 0. The Labute approximate surface area is 173 Å². The first-order valence-electron chi connectivity index (χ1n) is 9.29. The molecule has 0 aliphatic heterocycles. The summed E-state index contributed by atoms with van der Waals surface area (Å²) in [5, 5.41) is 13.4. The van der Waals surface area contributed by atoms with Gasteiger partial charge in [0.05, 0.1) is 0 Å². The van der Waals surface area contributed by atoms with Gasteiger partial charge in [-0.05, 0) is 38.5 Å². The van der Waals surface area contributed by atoms with Crippen LogP contribution in [0.1, 0.15) is 29.1 Å². The third-order valence-electron chi connectivity index (χ3n) is 4.23. The van der Waals surface area contributed by atoms with E-state index in [9.17, 15) is 9.59 Å². The van der Waals surface area contributed by atoms with Gasteiger partial charge in [-0.2, -0.15) is 0 Å². The van der Waals surface area contributed by atoms with Gasteiger partial charge in [0.15, 0.2) is 5.16 Å². The molecule has 0 saturated heterocycles. The minimum absolute atomic E-state index is 0.414. The molecule has 29 heavy (non-hydrogen) atoms. The summed E-state index contributed by atoms with van der Waals surface area (Å²) in [6.07, 6.45) is 0. The molecule has 8 heteroatoms. The summed E-state index contributed by atoms with van der Waals surface area (Å²) in [6.45, 7) is 6.11. The molecule has 0 aliphatic rings. The monoisotopic (exact) mass is 409 g/mol. The fraction of sp³-hybridized carbons (Fsp3) is 0.238. The van der Waals surface area contributed by atoms with Crippen LogP contribution in [0.3, 0.4) is 0 Å². The van der Waals surface area contributed by atoms with Gasteiger partial charge in [-0.1, -0.05) is 59.8 Å². The quantitative estimate of drug-likeness (QED) is 0.608. The number of hydrogen-bond donors (Lipinski definition) is 2. The lowest BCUT2D eigenvalue weighted by atomic mass is 10.1. The Kier molecular flexibility index (Phi) is 6.66. The maximum Gasteiger partial charge on any atom is 0.321 e. The molecule has 3 amide bonds. The molecule has 150 valence electrons. The van der Waals surface area contributed by atoms with Gasteiger partial charge in [-0.25, -0.2) is 4.79 Å². The number of aryl methyl sites for hydroxylation is 2. The molecule has 0 unspecified atom stereocenters. The van der Waals surface area contributed by atoms with Gasteiger partial charge in [-0.15, -0.1) is 10.2 Å². The molecule has 0 spiro atoms. The van der Waals surface area contributed by atoms with Crippen LogP contribution in [0.5, 0.6) is 0 Å². The van der Waals surface area contributed by atoms with Crippen molar-refractivity contribution in [1.29, 1.82) is 0 Å². The van der Waals surface area contributed by atoms with Crippen LogP contribution in [0.2, 0.25) is 0 Å². The van der Waals surface area contributed by atoms with Gasteiger partial charge in [0.1, 0.15) is 11.1 Å². The molecule has 3 rings (SSSR count). The lowest BCUT2D eigenvalue weighted by Crippen LogP contribution is -2.41. The van der Waals surface area contributed by atoms with Crippen LogP contribution in [0.25, 0.3) is 5.69 Å². The molecule has 0 radical (unpaired) electrons. The number of carbonyl (C=O) groups is 2. The Morgan fingerprint density at radius 3 is 2.38 bits per heavy atom. The first-order valence-corrected chi connectivity index (χ1v) is 10.2. The van der Waals surface area contributed by atoms with Crippen molar-refractivity contribution in [1.82, 2.24) is 25.4 Å². The highest BCUT2D eigenvalue weighted by molar-refractivity contribution is 8.00. The van der Waals surface area contributed by atoms with E-state index in [1.54, 1.807) is 6.92 Å². The lowest BCUT2D eigenvalue weighted by molar-refractivity contribution is -0.119. The molecule has 2 N–H and O–H groups in total. The SMILES string of the molecule is CCNC(=O)NC(=O)[C@H](Sc1nnc(C)n1-c1ccc(C)cc1)c1ccccc1. The summed E-state index contributed by atoms with van der Waals surface area (Å²) in [5.74, 6) is 0.301. The Morgan fingerprint density at radius 1 is 1.03 bits per heavy atom. The Balaban J connectivity index is 1.94. The summed E-state index contributed by atoms with van der Waals surface area (Å²) >= 11 is 1.25. The molecule has 0 saturated carbocycles. The van der Waals surface area contributed by atoms with Gasteiger partial charge in [0.25, 0.3) is 0 Å². The molecule has 0 bridgehead atoms. The zero-order chi connectivity index (χ0) is 20.8. The number of imide groups is 1. The number of hydrogen-bond acceptors (Lipinski definition) is 5. The topological polar surface area (TPSA) is 88.9 Å². The Bertz CT molecular complexity index is 986. The maximum absolute atomic E-state index is 12.9. The number of carbonyl (C=O) groups excluding carboxylic acids is 2. The van der Waals surface area contributed by atoms with E-state index in [-0.39, 0.29) is 0 Å². The Morgan fingerprint density at radius 2 is 1.72 bits per heavy atom. The number of aromatic nitrogens is 3. The second-order valence-corrected chi connectivity index (χ2v) is 7.53. The van der Waals surface area contributed by atoms with Gasteiger partial charge in [0.2, 0.25) is 5.91 Å². The average Bonchev–Trinajstić information content (AvgIpc) is 3.07. The van der Waals surface area contributed by atoms with E-state index in [2.05, 4.69) is 20.8 Å². The highest BCUT2D eigenvalue weighted by atomic mass is 32.2. The largest absolute Gasteiger partial charge is 0.338 e. The van der Waals surface area contributed by atoms with Gasteiger partial charge < -0.3 is 5.32 Å². The molecule has 7 nitrogen and oxygen atoms in total. The van der Waals surface area contributed by atoms with Crippen molar-refractivity contribution in [2.24, 2.45) is 0 Å². The summed E-state index contributed by atoms with van der Waals surface area (Å²) in [6, 6.07) is 16.8. The van der Waals surface area contributed by atoms with Crippen LogP contribution in [0.15, 0.2) is 59.8 Å². The predicted octanol–water partition coefficient (Wildman–Crippen LogP) is 3.56. The zero-order valence-corrected chi connectivity index (χ0v) is 17.4. The van der Waals surface area contributed by atoms with E-state index in [4.69, 9.17) is 0 Å². The smallest absolute Gasteiger partial charge is 0.321 e. The number of amides is 3. The van der Waals surface area contributed by atoms with Gasteiger partial charge in [-0.3, -0.25) is 14.7 Å². The number of nitrogens with zero attached hydrogens (tertiary/aromatic N) is 3. The van der Waals surface area contributed by atoms with E-state index in [1.807, 2.05) is 73.0 Å². The minimum atomic E-state index is -0.661. The molecular weight excluding hydrogens is 386 g/mol. The third-order valence-corrected chi connectivity index (χ3v) is 5.42. The van der Waals surface area contributed by atoms with Crippen molar-refractivity contribution in [3.8, 4) is 5.69 Å². The van der Waals surface area contributed by atoms with Crippen molar-refractivity contribution in [2.75, 3.05) is 6.54 Å². The van der Waals surface area contributed by atoms with E-state index in [0.717, 1.165) is 16.8 Å².